The standard InChI is InChI=1S/C7H14O3/c1-9-5-7-3-2-6(8)4-10-7/h6-8H,2-5H2,1H3. The summed E-state index contributed by atoms with van der Waals surface area (Å²) in [6.07, 6.45) is 1.70. The van der Waals surface area contributed by atoms with E-state index in [9.17, 15) is 0 Å². The van der Waals surface area contributed by atoms with Gasteiger partial charge >= 0.3 is 0 Å². The maximum Gasteiger partial charge on any atom is 0.0810 e. The lowest BCUT2D eigenvalue weighted by Crippen LogP contribution is -2.31. The van der Waals surface area contributed by atoms with Crippen LogP contribution in [-0.4, -0.2) is 37.6 Å². The normalized spacial score (nSPS) is 34.2. The van der Waals surface area contributed by atoms with Gasteiger partial charge in [-0.15, -0.1) is 0 Å². The summed E-state index contributed by atoms with van der Waals surface area (Å²) in [5.74, 6) is 0. The Balaban J connectivity index is 2.13. The van der Waals surface area contributed by atoms with E-state index in [4.69, 9.17) is 14.6 Å². The van der Waals surface area contributed by atoms with Gasteiger partial charge < -0.3 is 14.6 Å². The molecule has 0 amide bonds. The maximum absolute atomic E-state index is 9.03. The number of ether oxygens (including phenoxy) is 2. The van der Waals surface area contributed by atoms with Gasteiger partial charge in [0.05, 0.1) is 25.4 Å². The Bertz CT molecular complexity index is 86.9. The van der Waals surface area contributed by atoms with Crippen LogP contribution in [0, 0.1) is 0 Å². The van der Waals surface area contributed by atoms with Gasteiger partial charge in [0.25, 0.3) is 0 Å². The summed E-state index contributed by atoms with van der Waals surface area (Å²) >= 11 is 0. The highest BCUT2D eigenvalue weighted by molar-refractivity contribution is 4.68. The summed E-state index contributed by atoms with van der Waals surface area (Å²) < 4.78 is 10.2. The predicted molar refractivity (Wildman–Crippen MR) is 36.9 cm³/mol. The molecule has 1 rings (SSSR count). The molecule has 2 atom stereocenters. The van der Waals surface area contributed by atoms with Crippen LogP contribution in [0.1, 0.15) is 12.8 Å². The first-order chi connectivity index (χ1) is 4.83. The van der Waals surface area contributed by atoms with E-state index in [2.05, 4.69) is 0 Å². The molecule has 1 saturated heterocycles. The van der Waals surface area contributed by atoms with Crippen LogP contribution in [0.25, 0.3) is 0 Å². The van der Waals surface area contributed by atoms with Gasteiger partial charge in [-0.25, -0.2) is 0 Å². The zero-order chi connectivity index (χ0) is 7.40. The van der Waals surface area contributed by atoms with Crippen LogP contribution in [0.2, 0.25) is 0 Å². The number of hydrogen-bond acceptors (Lipinski definition) is 3. The van der Waals surface area contributed by atoms with Gasteiger partial charge in [-0.1, -0.05) is 0 Å². The number of rotatable bonds is 2. The Morgan fingerprint density at radius 3 is 2.90 bits per heavy atom. The number of hydrogen-bond donors (Lipinski definition) is 1. The lowest BCUT2D eigenvalue weighted by Gasteiger charge is -2.25. The molecule has 0 aromatic heterocycles. The van der Waals surface area contributed by atoms with Crippen LogP contribution in [0.5, 0.6) is 0 Å². The van der Waals surface area contributed by atoms with Gasteiger partial charge in [0.15, 0.2) is 0 Å². The molecule has 0 saturated carbocycles. The van der Waals surface area contributed by atoms with Crippen LogP contribution in [0.3, 0.4) is 0 Å². The molecule has 0 radical (unpaired) electrons. The fourth-order valence-corrected chi connectivity index (χ4v) is 1.11. The van der Waals surface area contributed by atoms with Gasteiger partial charge in [0, 0.05) is 7.11 Å². The summed E-state index contributed by atoms with van der Waals surface area (Å²) in [7, 11) is 1.66. The minimum Gasteiger partial charge on any atom is -0.391 e. The smallest absolute Gasteiger partial charge is 0.0810 e. The Hall–Kier alpha value is -0.120. The van der Waals surface area contributed by atoms with Crippen molar-refractivity contribution in [2.75, 3.05) is 20.3 Å². The quantitative estimate of drug-likeness (QED) is 0.603. The van der Waals surface area contributed by atoms with E-state index in [-0.39, 0.29) is 12.2 Å². The zero-order valence-electron chi connectivity index (χ0n) is 6.25. The molecule has 1 fully saturated rings. The van der Waals surface area contributed by atoms with E-state index in [1.165, 1.54) is 0 Å². The third kappa shape index (κ3) is 2.25. The Morgan fingerprint density at radius 2 is 2.40 bits per heavy atom. The fraction of sp³-hybridized carbons (Fsp3) is 1.00. The van der Waals surface area contributed by atoms with Crippen molar-refractivity contribution in [3.63, 3.8) is 0 Å². The predicted octanol–water partition coefficient (Wildman–Crippen LogP) is 0.173. The molecule has 60 valence electrons. The summed E-state index contributed by atoms with van der Waals surface area (Å²) in [5.41, 5.74) is 0. The second-order valence-electron chi connectivity index (χ2n) is 2.64. The maximum atomic E-state index is 9.03. The Kier molecular flexibility index (Phi) is 3.12. The van der Waals surface area contributed by atoms with Crippen LogP contribution >= 0.6 is 0 Å². The SMILES string of the molecule is COCC1CCC(O)CO1. The van der Waals surface area contributed by atoms with E-state index in [0.29, 0.717) is 13.2 Å². The molecule has 1 aliphatic heterocycles. The van der Waals surface area contributed by atoms with E-state index in [0.717, 1.165) is 12.8 Å². The largest absolute Gasteiger partial charge is 0.391 e. The van der Waals surface area contributed by atoms with Gasteiger partial charge in [-0.3, -0.25) is 0 Å². The molecule has 3 heteroatoms. The van der Waals surface area contributed by atoms with Gasteiger partial charge in [0.2, 0.25) is 0 Å². The van der Waals surface area contributed by atoms with E-state index < -0.39 is 0 Å². The third-order valence-corrected chi connectivity index (χ3v) is 1.70. The molecule has 0 aromatic carbocycles. The number of methoxy groups -OCH3 is 1. The monoisotopic (exact) mass is 146 g/mol. The minimum absolute atomic E-state index is 0.202. The van der Waals surface area contributed by atoms with Crippen molar-refractivity contribution in [1.29, 1.82) is 0 Å². The summed E-state index contributed by atoms with van der Waals surface area (Å²) in [4.78, 5) is 0. The third-order valence-electron chi connectivity index (χ3n) is 1.70. The summed E-state index contributed by atoms with van der Waals surface area (Å²) in [6, 6.07) is 0. The van der Waals surface area contributed by atoms with Crippen LogP contribution < -0.4 is 0 Å². The summed E-state index contributed by atoms with van der Waals surface area (Å²) in [6.45, 7) is 1.11. The van der Waals surface area contributed by atoms with Crippen molar-refractivity contribution in [3.05, 3.63) is 0 Å². The molecule has 0 aliphatic carbocycles. The van der Waals surface area contributed by atoms with Crippen LogP contribution in [0.15, 0.2) is 0 Å². The van der Waals surface area contributed by atoms with Crippen LogP contribution in [-0.2, 0) is 9.47 Å². The topological polar surface area (TPSA) is 38.7 Å². The van der Waals surface area contributed by atoms with Gasteiger partial charge in [-0.05, 0) is 12.8 Å². The molecule has 0 spiro atoms. The highest BCUT2D eigenvalue weighted by atomic mass is 16.5. The molecule has 0 aromatic rings. The van der Waals surface area contributed by atoms with Crippen molar-refractivity contribution in [2.45, 2.75) is 25.0 Å². The first kappa shape index (κ1) is 7.98. The number of aliphatic hydroxyl groups excluding tert-OH is 1. The molecule has 1 N–H and O–H groups in total. The summed E-state index contributed by atoms with van der Waals surface area (Å²) in [5, 5.41) is 9.03. The minimum atomic E-state index is -0.256. The van der Waals surface area contributed by atoms with Gasteiger partial charge in [-0.2, -0.15) is 0 Å². The van der Waals surface area contributed by atoms with E-state index in [1.54, 1.807) is 7.11 Å². The van der Waals surface area contributed by atoms with E-state index >= 15 is 0 Å². The number of aliphatic hydroxyl groups is 1. The lowest BCUT2D eigenvalue weighted by molar-refractivity contribution is -0.0795. The average Bonchev–Trinajstić information content (AvgIpc) is 1.95. The molecular formula is C7H14O3. The van der Waals surface area contributed by atoms with E-state index in [1.807, 2.05) is 0 Å². The van der Waals surface area contributed by atoms with Gasteiger partial charge in [0.1, 0.15) is 0 Å². The first-order valence-corrected chi connectivity index (χ1v) is 3.61. The van der Waals surface area contributed by atoms with Crippen molar-refractivity contribution >= 4 is 0 Å². The first-order valence-electron chi connectivity index (χ1n) is 3.61. The van der Waals surface area contributed by atoms with Crippen molar-refractivity contribution < 1.29 is 14.6 Å². The van der Waals surface area contributed by atoms with Crippen molar-refractivity contribution in [2.24, 2.45) is 0 Å². The molecule has 3 nitrogen and oxygen atoms in total. The lowest BCUT2D eigenvalue weighted by atomic mass is 10.1. The molecule has 10 heavy (non-hydrogen) atoms. The zero-order valence-corrected chi connectivity index (χ0v) is 6.25. The molecule has 0 bridgehead atoms. The van der Waals surface area contributed by atoms with Crippen molar-refractivity contribution in [3.8, 4) is 0 Å². The average molecular weight is 146 g/mol. The second-order valence-corrected chi connectivity index (χ2v) is 2.64. The van der Waals surface area contributed by atoms with Crippen LogP contribution in [0.4, 0.5) is 0 Å². The second kappa shape index (κ2) is 3.91. The Labute approximate surface area is 60.9 Å². The molecule has 1 aliphatic rings. The molecular weight excluding hydrogens is 132 g/mol. The highest BCUT2D eigenvalue weighted by Gasteiger charge is 2.18. The van der Waals surface area contributed by atoms with Crippen molar-refractivity contribution in [1.82, 2.24) is 0 Å². The fourth-order valence-electron chi connectivity index (χ4n) is 1.11. The molecule has 1 heterocycles. The molecule has 2 unspecified atom stereocenters. The Morgan fingerprint density at radius 1 is 1.60 bits per heavy atom. The highest BCUT2D eigenvalue weighted by Crippen LogP contribution is 2.12.